The molecule has 0 atom stereocenters. The lowest BCUT2D eigenvalue weighted by Gasteiger charge is -2.27. The summed E-state index contributed by atoms with van der Waals surface area (Å²) < 4.78 is 0. The monoisotopic (exact) mass is 338 g/mol. The van der Waals surface area contributed by atoms with E-state index in [9.17, 15) is 4.79 Å². The van der Waals surface area contributed by atoms with Crippen LogP contribution in [0.5, 0.6) is 0 Å². The predicted octanol–water partition coefficient (Wildman–Crippen LogP) is 3.66. The van der Waals surface area contributed by atoms with Crippen LogP contribution in [0.3, 0.4) is 0 Å². The molecule has 25 heavy (non-hydrogen) atoms. The number of hydrogen-bond acceptors (Lipinski definition) is 4. The highest BCUT2D eigenvalue weighted by Gasteiger charge is 2.16. The lowest BCUT2D eigenvalue weighted by molar-refractivity contribution is 0.0919. The third kappa shape index (κ3) is 4.56. The second-order valence-corrected chi connectivity index (χ2v) is 7.59. The number of amides is 1. The van der Waals surface area contributed by atoms with Crippen LogP contribution in [0.2, 0.25) is 0 Å². The molecule has 0 aliphatic carbocycles. The Kier molecular flexibility index (Phi) is 5.02. The molecule has 0 unspecified atom stereocenters. The molecular weight excluding hydrogens is 312 g/mol. The second kappa shape index (κ2) is 7.21. The van der Waals surface area contributed by atoms with Gasteiger partial charge in [0.15, 0.2) is 0 Å². The average Bonchev–Trinajstić information content (AvgIpc) is 2.61. The highest BCUT2D eigenvalue weighted by atomic mass is 16.1. The molecule has 1 aliphatic heterocycles. The molecule has 2 heterocycles. The van der Waals surface area contributed by atoms with Crippen molar-refractivity contribution < 1.29 is 4.79 Å². The summed E-state index contributed by atoms with van der Waals surface area (Å²) in [5.41, 5.74) is 2.29. The second-order valence-electron chi connectivity index (χ2n) is 7.59. The van der Waals surface area contributed by atoms with Crippen molar-refractivity contribution in [3.8, 4) is 11.3 Å². The minimum absolute atomic E-state index is 0.0595. The van der Waals surface area contributed by atoms with Gasteiger partial charge in [-0.2, -0.15) is 0 Å². The third-order valence-corrected chi connectivity index (χ3v) is 4.26. The number of nitrogens with one attached hydrogen (secondary N) is 1. The zero-order chi connectivity index (χ0) is 17.9. The summed E-state index contributed by atoms with van der Waals surface area (Å²) in [5, 5.41) is 2.98. The molecule has 5 nitrogen and oxygen atoms in total. The van der Waals surface area contributed by atoms with Crippen LogP contribution in [0.25, 0.3) is 11.3 Å². The van der Waals surface area contributed by atoms with Crippen molar-refractivity contribution >= 4 is 11.7 Å². The van der Waals surface area contributed by atoms with Crippen LogP contribution in [-0.4, -0.2) is 34.5 Å². The van der Waals surface area contributed by atoms with Gasteiger partial charge in [0, 0.05) is 35.8 Å². The molecule has 1 saturated heterocycles. The van der Waals surface area contributed by atoms with Gasteiger partial charge in [-0.05, 0) is 52.2 Å². The van der Waals surface area contributed by atoms with E-state index in [1.54, 1.807) is 6.33 Å². The number of carbonyl (C=O) groups is 1. The maximum Gasteiger partial charge on any atom is 0.251 e. The van der Waals surface area contributed by atoms with Gasteiger partial charge in [0.1, 0.15) is 12.1 Å². The average molecular weight is 338 g/mol. The molecule has 1 aromatic carbocycles. The Morgan fingerprint density at radius 2 is 1.72 bits per heavy atom. The van der Waals surface area contributed by atoms with Crippen molar-refractivity contribution in [2.45, 2.75) is 45.6 Å². The molecule has 0 spiro atoms. The Bertz CT molecular complexity index is 728. The van der Waals surface area contributed by atoms with E-state index in [0.29, 0.717) is 5.56 Å². The lowest BCUT2D eigenvalue weighted by Crippen LogP contribution is -2.40. The van der Waals surface area contributed by atoms with Crippen LogP contribution < -0.4 is 10.2 Å². The molecule has 0 radical (unpaired) electrons. The van der Waals surface area contributed by atoms with Crippen molar-refractivity contribution in [3.63, 3.8) is 0 Å². The number of hydrogen-bond donors (Lipinski definition) is 1. The summed E-state index contributed by atoms with van der Waals surface area (Å²) in [6, 6.07) is 9.62. The molecule has 1 amide bonds. The normalized spacial score (nSPS) is 15.1. The third-order valence-electron chi connectivity index (χ3n) is 4.26. The van der Waals surface area contributed by atoms with E-state index in [2.05, 4.69) is 20.2 Å². The maximum absolute atomic E-state index is 12.2. The predicted molar refractivity (Wildman–Crippen MR) is 101 cm³/mol. The summed E-state index contributed by atoms with van der Waals surface area (Å²) in [6.07, 6.45) is 5.36. The Hall–Kier alpha value is -2.43. The van der Waals surface area contributed by atoms with Crippen LogP contribution in [0.15, 0.2) is 36.7 Å². The summed E-state index contributed by atoms with van der Waals surface area (Å²) >= 11 is 0. The van der Waals surface area contributed by atoms with E-state index in [-0.39, 0.29) is 11.4 Å². The maximum atomic E-state index is 12.2. The number of rotatable bonds is 3. The van der Waals surface area contributed by atoms with Crippen LogP contribution in [0.1, 0.15) is 50.4 Å². The van der Waals surface area contributed by atoms with E-state index in [1.807, 2.05) is 51.1 Å². The number of piperidine rings is 1. The summed E-state index contributed by atoms with van der Waals surface area (Å²) in [7, 11) is 0. The zero-order valence-corrected chi connectivity index (χ0v) is 15.2. The molecule has 1 N–H and O–H groups in total. The zero-order valence-electron chi connectivity index (χ0n) is 15.2. The van der Waals surface area contributed by atoms with Gasteiger partial charge in [-0.25, -0.2) is 9.97 Å². The minimum atomic E-state index is -0.244. The molecule has 1 aromatic heterocycles. The number of nitrogens with zero attached hydrogens (tertiary/aromatic N) is 3. The number of benzene rings is 1. The largest absolute Gasteiger partial charge is 0.357 e. The Balaban J connectivity index is 1.77. The van der Waals surface area contributed by atoms with E-state index in [4.69, 9.17) is 0 Å². The standard InChI is InChI=1S/C20H26N4O/c1-20(2,3)23-19(25)16-9-7-15(8-10-16)17-13-18(22-14-21-17)24-11-5-4-6-12-24/h7-10,13-14H,4-6,11-12H2,1-3H3,(H,23,25). The number of aromatic nitrogens is 2. The van der Waals surface area contributed by atoms with Crippen molar-refractivity contribution in [3.05, 3.63) is 42.2 Å². The van der Waals surface area contributed by atoms with Crippen LogP contribution in [-0.2, 0) is 0 Å². The Labute approximate surface area is 149 Å². The quantitative estimate of drug-likeness (QED) is 0.928. The van der Waals surface area contributed by atoms with Gasteiger partial charge in [-0.3, -0.25) is 4.79 Å². The molecule has 3 rings (SSSR count). The van der Waals surface area contributed by atoms with Crippen LogP contribution in [0.4, 0.5) is 5.82 Å². The van der Waals surface area contributed by atoms with Crippen molar-refractivity contribution in [1.29, 1.82) is 0 Å². The molecule has 5 heteroatoms. The smallest absolute Gasteiger partial charge is 0.251 e. The van der Waals surface area contributed by atoms with Gasteiger partial charge >= 0.3 is 0 Å². The van der Waals surface area contributed by atoms with Gasteiger partial charge in [0.2, 0.25) is 0 Å². The fourth-order valence-corrected chi connectivity index (χ4v) is 3.01. The number of anilines is 1. The fourth-order valence-electron chi connectivity index (χ4n) is 3.01. The first-order valence-corrected chi connectivity index (χ1v) is 8.92. The highest BCUT2D eigenvalue weighted by Crippen LogP contribution is 2.23. The molecule has 1 fully saturated rings. The van der Waals surface area contributed by atoms with Gasteiger partial charge in [-0.15, -0.1) is 0 Å². The molecule has 2 aromatic rings. The van der Waals surface area contributed by atoms with Crippen LogP contribution in [0, 0.1) is 0 Å². The Morgan fingerprint density at radius 3 is 2.36 bits per heavy atom. The first-order valence-electron chi connectivity index (χ1n) is 8.92. The van der Waals surface area contributed by atoms with Gasteiger partial charge < -0.3 is 10.2 Å². The Morgan fingerprint density at radius 1 is 1.04 bits per heavy atom. The summed E-state index contributed by atoms with van der Waals surface area (Å²) in [4.78, 5) is 23.4. The first kappa shape index (κ1) is 17.4. The lowest BCUT2D eigenvalue weighted by atomic mass is 10.1. The van der Waals surface area contributed by atoms with Crippen molar-refractivity contribution in [2.75, 3.05) is 18.0 Å². The van der Waals surface area contributed by atoms with Gasteiger partial charge in [-0.1, -0.05) is 12.1 Å². The fraction of sp³-hybridized carbons (Fsp3) is 0.450. The van der Waals surface area contributed by atoms with Crippen molar-refractivity contribution in [1.82, 2.24) is 15.3 Å². The summed E-state index contributed by atoms with van der Waals surface area (Å²) in [6.45, 7) is 8.04. The molecular formula is C20H26N4O. The van der Waals surface area contributed by atoms with E-state index >= 15 is 0 Å². The van der Waals surface area contributed by atoms with Gasteiger partial charge in [0.05, 0.1) is 5.69 Å². The molecule has 0 saturated carbocycles. The SMILES string of the molecule is CC(C)(C)NC(=O)c1ccc(-c2cc(N3CCCCC3)ncn2)cc1. The van der Waals surface area contributed by atoms with E-state index < -0.39 is 0 Å². The van der Waals surface area contributed by atoms with Gasteiger partial charge in [0.25, 0.3) is 5.91 Å². The summed E-state index contributed by atoms with van der Waals surface area (Å²) in [5.74, 6) is 0.926. The minimum Gasteiger partial charge on any atom is -0.357 e. The number of carbonyl (C=O) groups excluding carboxylic acids is 1. The van der Waals surface area contributed by atoms with E-state index in [0.717, 1.165) is 30.2 Å². The van der Waals surface area contributed by atoms with Crippen LogP contribution >= 0.6 is 0 Å². The molecule has 132 valence electrons. The molecule has 1 aliphatic rings. The first-order chi connectivity index (χ1) is 11.9. The van der Waals surface area contributed by atoms with Crippen molar-refractivity contribution in [2.24, 2.45) is 0 Å². The van der Waals surface area contributed by atoms with E-state index in [1.165, 1.54) is 19.3 Å². The highest BCUT2D eigenvalue weighted by molar-refractivity contribution is 5.95. The topological polar surface area (TPSA) is 58.1 Å². The molecule has 0 bridgehead atoms.